The van der Waals surface area contributed by atoms with E-state index in [1.54, 1.807) is 21.9 Å². The summed E-state index contributed by atoms with van der Waals surface area (Å²) in [7, 11) is 0. The fraction of sp³-hybridized carbons (Fsp3) is 0.571. The van der Waals surface area contributed by atoms with Crippen LogP contribution in [0, 0.1) is 10.1 Å². The number of aliphatic carboxylic acids is 3. The molecule has 1 fully saturated rings. The standard InChI is InChI=1S/C21H31N5O8.Cu/c27-19(28)12-22-17(11-16-1-3-18(4-2-16)26(33)34)13-23-5-7-24(14-20(29)30)9-10-25(8-6-23)15-21(31)32;/h1-4,17,22H,5-15H2,(H,27,28)(H,29,30)(H,31,32);/t17-;/m0./s1/i;1+0. The third kappa shape index (κ3) is 12.1. The predicted octanol–water partition coefficient (Wildman–Crippen LogP) is -0.734. The van der Waals surface area contributed by atoms with E-state index in [4.69, 9.17) is 5.11 Å². The van der Waals surface area contributed by atoms with Crippen molar-refractivity contribution in [1.82, 2.24) is 20.0 Å². The normalized spacial score (nSPS) is 16.8. The van der Waals surface area contributed by atoms with Crippen molar-refractivity contribution in [2.75, 3.05) is 65.4 Å². The second-order valence-electron chi connectivity index (χ2n) is 8.24. The molecule has 14 heteroatoms. The Bertz CT molecular complexity index is 829. The zero-order chi connectivity index (χ0) is 25.1. The molecule has 0 aromatic heterocycles. The van der Waals surface area contributed by atoms with E-state index in [1.807, 2.05) is 0 Å². The molecule has 35 heavy (non-hydrogen) atoms. The number of rotatable bonds is 12. The largest absolute Gasteiger partial charge is 0.480 e. The number of hydrogen-bond donors (Lipinski definition) is 4. The van der Waals surface area contributed by atoms with Crippen molar-refractivity contribution in [1.29, 1.82) is 0 Å². The summed E-state index contributed by atoms with van der Waals surface area (Å²) in [6, 6.07) is 5.78. The molecule has 1 atom stereocenters. The van der Waals surface area contributed by atoms with Gasteiger partial charge in [-0.25, -0.2) is 0 Å². The minimum absolute atomic E-state index is 0. The number of carboxylic acid groups (broad SMARTS) is 3. The van der Waals surface area contributed by atoms with Gasteiger partial charge in [0.15, 0.2) is 0 Å². The van der Waals surface area contributed by atoms with Crippen molar-refractivity contribution < 1.29 is 51.7 Å². The molecule has 1 aliphatic rings. The van der Waals surface area contributed by atoms with E-state index >= 15 is 0 Å². The first-order chi connectivity index (χ1) is 16.1. The molecule has 0 saturated carbocycles. The number of nitro benzene ring substituents is 1. The number of nitrogens with zero attached hydrogens (tertiary/aromatic N) is 4. The average Bonchev–Trinajstić information content (AvgIpc) is 2.84. The maximum Gasteiger partial charge on any atom is 0.317 e. The van der Waals surface area contributed by atoms with E-state index in [0.717, 1.165) is 5.56 Å². The molecule has 1 heterocycles. The minimum Gasteiger partial charge on any atom is -0.480 e. The Morgan fingerprint density at radius 3 is 1.71 bits per heavy atom. The first-order valence-corrected chi connectivity index (χ1v) is 10.9. The number of nitrogens with one attached hydrogen (secondary N) is 1. The molecule has 0 amide bonds. The van der Waals surface area contributed by atoms with Gasteiger partial charge in [0, 0.05) is 81.1 Å². The van der Waals surface area contributed by atoms with Crippen LogP contribution in [0.4, 0.5) is 5.69 Å². The predicted molar refractivity (Wildman–Crippen MR) is 121 cm³/mol. The molecular formula is C21H31CuN5O8. The number of non-ortho nitro benzene ring substituents is 1. The van der Waals surface area contributed by atoms with Crippen LogP contribution in [0.5, 0.6) is 0 Å². The number of carbonyl (C=O) groups is 3. The van der Waals surface area contributed by atoms with E-state index in [2.05, 4.69) is 10.2 Å². The second kappa shape index (κ2) is 15.4. The molecule has 1 aromatic rings. The maximum atomic E-state index is 11.2. The molecule has 0 spiro atoms. The van der Waals surface area contributed by atoms with Crippen molar-refractivity contribution in [3.8, 4) is 0 Å². The van der Waals surface area contributed by atoms with E-state index in [0.29, 0.717) is 52.2 Å². The fourth-order valence-corrected chi connectivity index (χ4v) is 3.85. The van der Waals surface area contributed by atoms with E-state index in [1.165, 1.54) is 12.1 Å². The van der Waals surface area contributed by atoms with Gasteiger partial charge < -0.3 is 20.6 Å². The van der Waals surface area contributed by atoms with Gasteiger partial charge in [0.1, 0.15) is 0 Å². The van der Waals surface area contributed by atoms with Crippen LogP contribution in [-0.4, -0.2) is 124 Å². The molecule has 0 bridgehead atoms. The molecule has 0 aliphatic carbocycles. The molecule has 13 nitrogen and oxygen atoms in total. The van der Waals surface area contributed by atoms with Crippen LogP contribution < -0.4 is 5.32 Å². The smallest absolute Gasteiger partial charge is 0.317 e. The van der Waals surface area contributed by atoms with Gasteiger partial charge in [0.25, 0.3) is 5.69 Å². The zero-order valence-electron chi connectivity index (χ0n) is 19.1. The Morgan fingerprint density at radius 1 is 0.857 bits per heavy atom. The number of benzene rings is 1. The van der Waals surface area contributed by atoms with Crippen LogP contribution in [0.2, 0.25) is 0 Å². The Kier molecular flexibility index (Phi) is 13.4. The molecule has 1 radical (unpaired) electrons. The summed E-state index contributed by atoms with van der Waals surface area (Å²) in [6.45, 7) is 2.71. The number of nitro groups is 1. The van der Waals surface area contributed by atoms with Crippen LogP contribution in [0.3, 0.4) is 0 Å². The summed E-state index contributed by atoms with van der Waals surface area (Å²) in [4.78, 5) is 49.5. The Labute approximate surface area is 213 Å². The summed E-state index contributed by atoms with van der Waals surface area (Å²) in [5.41, 5.74) is 0.772. The summed E-state index contributed by atoms with van der Waals surface area (Å²) >= 11 is 0. The van der Waals surface area contributed by atoms with Crippen LogP contribution in [0.1, 0.15) is 5.56 Å². The van der Waals surface area contributed by atoms with Gasteiger partial charge in [-0.3, -0.25) is 39.2 Å². The molecule has 1 aliphatic heterocycles. The van der Waals surface area contributed by atoms with Crippen molar-refractivity contribution >= 4 is 23.6 Å². The first kappa shape index (κ1) is 30.4. The molecule has 199 valence electrons. The SMILES string of the molecule is O=C(O)CN[C@@H](Cc1ccc([N+](=O)[O-])cc1)CN1CCN(CC(=O)O)CCN(CC(=O)O)CC1.[64Cu]. The third-order valence-corrected chi connectivity index (χ3v) is 5.56. The van der Waals surface area contributed by atoms with Gasteiger partial charge in [-0.2, -0.15) is 0 Å². The van der Waals surface area contributed by atoms with Crippen LogP contribution in [0.15, 0.2) is 24.3 Å². The van der Waals surface area contributed by atoms with Crippen molar-refractivity contribution in [3.05, 3.63) is 39.9 Å². The van der Waals surface area contributed by atoms with Gasteiger partial charge in [0.2, 0.25) is 0 Å². The quantitative estimate of drug-likeness (QED) is 0.147. The Hall–Kier alpha value is -2.61. The Morgan fingerprint density at radius 2 is 1.31 bits per heavy atom. The molecule has 0 unspecified atom stereocenters. The van der Waals surface area contributed by atoms with Crippen molar-refractivity contribution in [2.24, 2.45) is 0 Å². The number of hydrogen-bond acceptors (Lipinski definition) is 9. The van der Waals surface area contributed by atoms with E-state index in [-0.39, 0.29) is 48.4 Å². The van der Waals surface area contributed by atoms with Crippen molar-refractivity contribution in [2.45, 2.75) is 12.5 Å². The summed E-state index contributed by atoms with van der Waals surface area (Å²) in [5, 5.41) is 41.4. The topological polar surface area (TPSA) is 177 Å². The van der Waals surface area contributed by atoms with Gasteiger partial charge in [-0.15, -0.1) is 0 Å². The van der Waals surface area contributed by atoms with Crippen LogP contribution >= 0.6 is 0 Å². The van der Waals surface area contributed by atoms with Gasteiger partial charge in [-0.05, 0) is 12.0 Å². The van der Waals surface area contributed by atoms with Gasteiger partial charge in [0.05, 0.1) is 24.6 Å². The molecule has 1 aromatic carbocycles. The van der Waals surface area contributed by atoms with Crippen molar-refractivity contribution in [3.63, 3.8) is 0 Å². The Balaban J connectivity index is 0.00000612. The summed E-state index contributed by atoms with van der Waals surface area (Å²) in [5.74, 6) is -2.94. The fourth-order valence-electron chi connectivity index (χ4n) is 3.85. The molecule has 2 rings (SSSR count). The zero-order valence-corrected chi connectivity index (χ0v) is 20.1. The second-order valence-corrected chi connectivity index (χ2v) is 8.24. The van der Waals surface area contributed by atoms with Gasteiger partial charge >= 0.3 is 17.9 Å². The molecular weight excluding hydrogens is 514 g/mol. The van der Waals surface area contributed by atoms with E-state index < -0.39 is 22.8 Å². The monoisotopic (exact) mass is 545 g/mol. The first-order valence-electron chi connectivity index (χ1n) is 10.9. The van der Waals surface area contributed by atoms with Gasteiger partial charge in [-0.1, -0.05) is 12.1 Å². The third-order valence-electron chi connectivity index (χ3n) is 5.56. The summed E-state index contributed by atoms with van der Waals surface area (Å²) in [6.07, 6.45) is 0.430. The average molecular weight is 545 g/mol. The maximum absolute atomic E-state index is 11.2. The molecule has 4 N–H and O–H groups in total. The summed E-state index contributed by atoms with van der Waals surface area (Å²) < 4.78 is 0. The van der Waals surface area contributed by atoms with Crippen LogP contribution in [0.25, 0.3) is 0 Å². The number of carboxylic acids is 3. The van der Waals surface area contributed by atoms with E-state index in [9.17, 15) is 34.7 Å². The molecule has 1 saturated heterocycles. The van der Waals surface area contributed by atoms with Crippen LogP contribution in [-0.2, 0) is 37.9 Å². The minimum atomic E-state index is -1.02.